The average molecular weight is 577 g/mol. The lowest BCUT2D eigenvalue weighted by Crippen LogP contribution is -2.26. The van der Waals surface area contributed by atoms with E-state index in [2.05, 4.69) is 181 Å². The number of hydrogen-bond acceptors (Lipinski definition) is 1. The second kappa shape index (κ2) is 9.70. The van der Waals surface area contributed by atoms with Crippen molar-refractivity contribution in [1.29, 1.82) is 0 Å². The van der Waals surface area contributed by atoms with Crippen LogP contribution in [0, 0.1) is 0 Å². The molecule has 2 heteroatoms. The molecule has 8 aromatic rings. The minimum absolute atomic E-state index is 0.0850. The molecule has 0 radical (unpaired) electrons. The molecule has 0 fully saturated rings. The third-order valence-electron chi connectivity index (χ3n) is 9.72. The van der Waals surface area contributed by atoms with Crippen molar-refractivity contribution >= 4 is 49.6 Å². The second-order valence-electron chi connectivity index (χ2n) is 12.7. The molecule has 45 heavy (non-hydrogen) atoms. The Hall–Kier alpha value is -5.60. The van der Waals surface area contributed by atoms with Gasteiger partial charge in [-0.05, 0) is 81.6 Å². The minimum atomic E-state index is -0.0850. The van der Waals surface area contributed by atoms with Gasteiger partial charge in [-0.15, -0.1) is 0 Å². The quantitative estimate of drug-likeness (QED) is 0.202. The molecule has 7 aromatic carbocycles. The lowest BCUT2D eigenvalue weighted by atomic mass is 9.75. The van der Waals surface area contributed by atoms with Crippen molar-refractivity contribution in [3.05, 3.63) is 169 Å². The Morgan fingerprint density at radius 1 is 0.467 bits per heavy atom. The van der Waals surface area contributed by atoms with E-state index in [1.54, 1.807) is 0 Å². The van der Waals surface area contributed by atoms with Crippen LogP contribution in [0.15, 0.2) is 158 Å². The van der Waals surface area contributed by atoms with E-state index in [0.717, 1.165) is 17.1 Å². The van der Waals surface area contributed by atoms with E-state index >= 15 is 0 Å². The fourth-order valence-electron chi connectivity index (χ4n) is 7.51. The van der Waals surface area contributed by atoms with Gasteiger partial charge in [-0.2, -0.15) is 0 Å². The predicted octanol–water partition coefficient (Wildman–Crippen LogP) is 11.7. The van der Waals surface area contributed by atoms with Crippen LogP contribution >= 0.6 is 0 Å². The number of aromatic nitrogens is 1. The molecule has 2 heterocycles. The summed E-state index contributed by atoms with van der Waals surface area (Å²) in [6, 6.07) is 57.7. The van der Waals surface area contributed by atoms with Crippen LogP contribution in [-0.2, 0) is 5.41 Å². The third kappa shape index (κ3) is 3.89. The van der Waals surface area contributed by atoms with Gasteiger partial charge in [0, 0.05) is 33.2 Å². The first-order chi connectivity index (χ1) is 22.1. The lowest BCUT2D eigenvalue weighted by Gasteiger charge is -2.34. The SMILES string of the molecule is CC1(C)c2ccccc2-n2c3ccc(N(c4cccc(-c5ccccc5)c4)c4ccc5ccccc5c4)cc3c3cccc1c32. The number of anilines is 3. The maximum Gasteiger partial charge on any atom is 0.0582 e. The molecular weight excluding hydrogens is 544 g/mol. The normalized spacial score (nSPS) is 13.3. The van der Waals surface area contributed by atoms with Crippen molar-refractivity contribution in [2.75, 3.05) is 4.90 Å². The number of nitrogens with zero attached hydrogens (tertiary/aromatic N) is 2. The van der Waals surface area contributed by atoms with Gasteiger partial charge < -0.3 is 9.47 Å². The summed E-state index contributed by atoms with van der Waals surface area (Å²) in [6.45, 7) is 4.71. The molecule has 0 saturated heterocycles. The molecule has 0 saturated carbocycles. The molecule has 0 spiro atoms. The Kier molecular flexibility index (Phi) is 5.58. The smallest absolute Gasteiger partial charge is 0.0582 e. The monoisotopic (exact) mass is 576 g/mol. The van der Waals surface area contributed by atoms with Crippen LogP contribution in [0.4, 0.5) is 17.1 Å². The van der Waals surface area contributed by atoms with Crippen LogP contribution in [0.5, 0.6) is 0 Å². The summed E-state index contributed by atoms with van der Waals surface area (Å²) in [4.78, 5) is 2.41. The fraction of sp³-hybridized carbons (Fsp3) is 0.0698. The number of rotatable bonds is 4. The minimum Gasteiger partial charge on any atom is -0.310 e. The van der Waals surface area contributed by atoms with Gasteiger partial charge in [0.2, 0.25) is 0 Å². The van der Waals surface area contributed by atoms with Crippen molar-refractivity contribution in [2.24, 2.45) is 0 Å². The topological polar surface area (TPSA) is 8.17 Å². The summed E-state index contributed by atoms with van der Waals surface area (Å²) >= 11 is 0. The summed E-state index contributed by atoms with van der Waals surface area (Å²) in [5, 5.41) is 5.03. The van der Waals surface area contributed by atoms with Crippen molar-refractivity contribution in [3.63, 3.8) is 0 Å². The molecule has 1 aromatic heterocycles. The van der Waals surface area contributed by atoms with Gasteiger partial charge in [0.1, 0.15) is 0 Å². The highest BCUT2D eigenvalue weighted by Gasteiger charge is 2.34. The summed E-state index contributed by atoms with van der Waals surface area (Å²) < 4.78 is 2.49. The van der Waals surface area contributed by atoms with Gasteiger partial charge in [0.25, 0.3) is 0 Å². The predicted molar refractivity (Wildman–Crippen MR) is 191 cm³/mol. The van der Waals surface area contributed by atoms with E-state index in [4.69, 9.17) is 0 Å². The van der Waals surface area contributed by atoms with Gasteiger partial charge in [-0.3, -0.25) is 0 Å². The van der Waals surface area contributed by atoms with Crippen LogP contribution in [0.25, 0.3) is 49.4 Å². The zero-order chi connectivity index (χ0) is 30.1. The molecule has 2 nitrogen and oxygen atoms in total. The standard InChI is InChI=1S/C43H32N2/c1-43(2)38-19-8-9-21-41(38)45-40-25-24-35(28-37(40)36-18-11-20-39(43)42(36)45)44(34-23-22-30-14-6-7-15-31(30)27-34)33-17-10-16-32(26-33)29-12-4-3-5-13-29/h3-28H,1-2H3. The molecule has 0 aliphatic carbocycles. The van der Waals surface area contributed by atoms with Gasteiger partial charge in [0.05, 0.1) is 16.7 Å². The lowest BCUT2D eigenvalue weighted by molar-refractivity contribution is 0.630. The van der Waals surface area contributed by atoms with Crippen LogP contribution < -0.4 is 4.90 Å². The van der Waals surface area contributed by atoms with E-state index in [1.807, 2.05) is 0 Å². The molecule has 1 aliphatic heterocycles. The van der Waals surface area contributed by atoms with Gasteiger partial charge in [-0.1, -0.05) is 123 Å². The van der Waals surface area contributed by atoms with Gasteiger partial charge >= 0.3 is 0 Å². The van der Waals surface area contributed by atoms with Gasteiger partial charge in [-0.25, -0.2) is 0 Å². The molecule has 9 rings (SSSR count). The Morgan fingerprint density at radius 3 is 2.02 bits per heavy atom. The van der Waals surface area contributed by atoms with Crippen molar-refractivity contribution in [1.82, 2.24) is 4.57 Å². The second-order valence-corrected chi connectivity index (χ2v) is 12.7. The highest BCUT2D eigenvalue weighted by molar-refractivity contribution is 6.13. The van der Waals surface area contributed by atoms with Crippen LogP contribution in [0.1, 0.15) is 25.0 Å². The number of benzene rings is 7. The highest BCUT2D eigenvalue weighted by atomic mass is 15.1. The zero-order valence-electron chi connectivity index (χ0n) is 25.4. The van der Waals surface area contributed by atoms with E-state index in [0.29, 0.717) is 0 Å². The molecular formula is C43H32N2. The Morgan fingerprint density at radius 2 is 1.13 bits per heavy atom. The van der Waals surface area contributed by atoms with Crippen molar-refractivity contribution in [2.45, 2.75) is 19.3 Å². The number of hydrogen-bond donors (Lipinski definition) is 0. The van der Waals surface area contributed by atoms with Crippen LogP contribution in [-0.4, -0.2) is 4.57 Å². The largest absolute Gasteiger partial charge is 0.310 e. The summed E-state index contributed by atoms with van der Waals surface area (Å²) in [6.07, 6.45) is 0. The Bertz CT molecular complexity index is 2410. The highest BCUT2D eigenvalue weighted by Crippen LogP contribution is 2.48. The molecule has 214 valence electrons. The first-order valence-electron chi connectivity index (χ1n) is 15.7. The van der Waals surface area contributed by atoms with Crippen LogP contribution in [0.2, 0.25) is 0 Å². The first-order valence-corrected chi connectivity index (χ1v) is 15.7. The van der Waals surface area contributed by atoms with Crippen molar-refractivity contribution in [3.8, 4) is 16.8 Å². The summed E-state index contributed by atoms with van der Waals surface area (Å²) in [7, 11) is 0. The van der Waals surface area contributed by atoms with E-state index in [1.165, 1.54) is 60.5 Å². The van der Waals surface area contributed by atoms with Crippen LogP contribution in [0.3, 0.4) is 0 Å². The summed E-state index contributed by atoms with van der Waals surface area (Å²) in [5.41, 5.74) is 12.3. The van der Waals surface area contributed by atoms with E-state index in [-0.39, 0.29) is 5.41 Å². The van der Waals surface area contributed by atoms with Crippen molar-refractivity contribution < 1.29 is 0 Å². The van der Waals surface area contributed by atoms with E-state index < -0.39 is 0 Å². The fourth-order valence-corrected chi connectivity index (χ4v) is 7.51. The number of para-hydroxylation sites is 2. The van der Waals surface area contributed by atoms with Gasteiger partial charge in [0.15, 0.2) is 0 Å². The zero-order valence-corrected chi connectivity index (χ0v) is 25.4. The third-order valence-corrected chi connectivity index (χ3v) is 9.72. The Balaban J connectivity index is 1.31. The number of fused-ring (bicyclic) bond motifs is 6. The first kappa shape index (κ1) is 25.9. The molecule has 0 unspecified atom stereocenters. The summed E-state index contributed by atoms with van der Waals surface area (Å²) in [5.74, 6) is 0. The van der Waals surface area contributed by atoms with E-state index in [9.17, 15) is 0 Å². The average Bonchev–Trinajstić information content (AvgIpc) is 3.42. The molecule has 0 bridgehead atoms. The molecule has 1 aliphatic rings. The maximum absolute atomic E-state index is 2.49. The molecule has 0 atom stereocenters. The maximum atomic E-state index is 2.49. The molecule has 0 amide bonds. The molecule has 0 N–H and O–H groups in total. The Labute approximate surface area is 263 Å².